The van der Waals surface area contributed by atoms with Crippen molar-refractivity contribution in [2.24, 2.45) is 5.92 Å². The molecule has 2 N–H and O–H groups in total. The van der Waals surface area contributed by atoms with Gasteiger partial charge in [-0.1, -0.05) is 6.92 Å². The molecule has 8 nitrogen and oxygen atoms in total. The number of carbonyl (C=O) groups excluding carboxylic acids is 2. The number of nitriles is 1. The van der Waals surface area contributed by atoms with E-state index in [1.54, 1.807) is 17.0 Å². The molecule has 3 rings (SSSR count). The van der Waals surface area contributed by atoms with Gasteiger partial charge in [-0.2, -0.15) is 5.26 Å². The summed E-state index contributed by atoms with van der Waals surface area (Å²) in [6.45, 7) is 3.96. The molecule has 0 unspecified atom stereocenters. The number of hydrogen-bond donors (Lipinski definition) is 2. The summed E-state index contributed by atoms with van der Waals surface area (Å²) in [6, 6.07) is 5.50. The fourth-order valence-corrected chi connectivity index (χ4v) is 3.81. The van der Waals surface area contributed by atoms with E-state index in [0.717, 1.165) is 19.3 Å². The van der Waals surface area contributed by atoms with Gasteiger partial charge in [0.2, 0.25) is 11.8 Å². The monoisotopic (exact) mass is 385 g/mol. The third-order valence-corrected chi connectivity index (χ3v) is 5.25. The van der Waals surface area contributed by atoms with Gasteiger partial charge in [-0.15, -0.1) is 0 Å². The first kappa shape index (κ1) is 20.1. The average Bonchev–Trinajstić information content (AvgIpc) is 2.73. The van der Waals surface area contributed by atoms with Crippen LogP contribution in [0.1, 0.15) is 38.2 Å². The van der Waals surface area contributed by atoms with Gasteiger partial charge in [0, 0.05) is 31.8 Å². The van der Waals surface area contributed by atoms with Crippen LogP contribution in [0.4, 0.5) is 5.82 Å². The first-order valence-electron chi connectivity index (χ1n) is 9.90. The van der Waals surface area contributed by atoms with E-state index < -0.39 is 0 Å². The van der Waals surface area contributed by atoms with Crippen LogP contribution < -0.4 is 10.6 Å². The van der Waals surface area contributed by atoms with Crippen molar-refractivity contribution in [3.05, 3.63) is 23.9 Å². The molecule has 2 amide bonds. The van der Waals surface area contributed by atoms with E-state index in [9.17, 15) is 9.59 Å². The molecule has 3 atom stereocenters. The van der Waals surface area contributed by atoms with Crippen LogP contribution in [0.25, 0.3) is 0 Å². The maximum Gasteiger partial charge on any atom is 0.239 e. The Kier molecular flexibility index (Phi) is 6.82. The highest BCUT2D eigenvalue weighted by molar-refractivity contribution is 5.87. The van der Waals surface area contributed by atoms with Crippen LogP contribution in [0.2, 0.25) is 0 Å². The minimum absolute atomic E-state index is 0.00565. The Morgan fingerprint density at radius 2 is 2.32 bits per heavy atom. The lowest BCUT2D eigenvalue weighted by atomic mass is 9.82. The second-order valence-corrected chi connectivity index (χ2v) is 7.32. The quantitative estimate of drug-likeness (QED) is 0.764. The van der Waals surface area contributed by atoms with E-state index in [4.69, 9.17) is 10.00 Å². The Labute approximate surface area is 165 Å². The summed E-state index contributed by atoms with van der Waals surface area (Å²) in [6.07, 6.45) is 4.64. The van der Waals surface area contributed by atoms with Gasteiger partial charge in [-0.05, 0) is 37.8 Å². The van der Waals surface area contributed by atoms with Crippen LogP contribution in [0.3, 0.4) is 0 Å². The summed E-state index contributed by atoms with van der Waals surface area (Å²) < 4.78 is 6.02. The van der Waals surface area contributed by atoms with Crippen LogP contribution in [0.5, 0.6) is 0 Å². The molecule has 0 bridgehead atoms. The molecule has 2 fully saturated rings. The number of carbonyl (C=O) groups is 2. The van der Waals surface area contributed by atoms with Crippen molar-refractivity contribution in [3.8, 4) is 6.07 Å². The zero-order chi connectivity index (χ0) is 19.9. The zero-order valence-electron chi connectivity index (χ0n) is 16.2. The standard InChI is InChI=1S/C20H27N5O3/c1-2-9-28-17-5-4-15(20(27)25-8-7-22-19(26)13-25)10-16(17)24-18-6-3-14(11-21)12-23-18/h3,6,12,15-17H,2,4-5,7-10,13H2,1H3,(H,22,26)(H,23,24)/t15-,16+,17+/m0/s1. The Morgan fingerprint density at radius 1 is 1.46 bits per heavy atom. The van der Waals surface area contributed by atoms with Gasteiger partial charge in [0.1, 0.15) is 11.9 Å². The molecule has 1 saturated heterocycles. The molecule has 2 heterocycles. The molecule has 2 aliphatic rings. The minimum atomic E-state index is -0.136. The van der Waals surface area contributed by atoms with Gasteiger partial charge in [0.15, 0.2) is 0 Å². The van der Waals surface area contributed by atoms with E-state index in [-0.39, 0.29) is 36.4 Å². The molecule has 150 valence electrons. The lowest BCUT2D eigenvalue weighted by molar-refractivity contribution is -0.143. The lowest BCUT2D eigenvalue weighted by Gasteiger charge is -2.38. The van der Waals surface area contributed by atoms with Crippen molar-refractivity contribution < 1.29 is 14.3 Å². The average molecular weight is 385 g/mol. The number of hydrogen-bond acceptors (Lipinski definition) is 6. The summed E-state index contributed by atoms with van der Waals surface area (Å²) in [5.74, 6) is 0.474. The second-order valence-electron chi connectivity index (χ2n) is 7.32. The number of anilines is 1. The van der Waals surface area contributed by atoms with Crippen LogP contribution >= 0.6 is 0 Å². The Hall–Kier alpha value is -2.66. The first-order chi connectivity index (χ1) is 13.6. The molecule has 1 saturated carbocycles. The fourth-order valence-electron chi connectivity index (χ4n) is 3.81. The minimum Gasteiger partial charge on any atom is -0.376 e. The molecular weight excluding hydrogens is 358 g/mol. The first-order valence-corrected chi connectivity index (χ1v) is 9.90. The van der Waals surface area contributed by atoms with Crippen molar-refractivity contribution >= 4 is 17.6 Å². The molecule has 1 aliphatic carbocycles. The van der Waals surface area contributed by atoms with E-state index in [2.05, 4.69) is 28.6 Å². The Balaban J connectivity index is 1.68. The third kappa shape index (κ3) is 4.98. The van der Waals surface area contributed by atoms with Gasteiger partial charge < -0.3 is 20.3 Å². The largest absolute Gasteiger partial charge is 0.376 e. The number of amides is 2. The van der Waals surface area contributed by atoms with Crippen molar-refractivity contribution in [2.45, 2.75) is 44.8 Å². The number of pyridine rings is 1. The van der Waals surface area contributed by atoms with Crippen molar-refractivity contribution in [1.29, 1.82) is 5.26 Å². The number of nitrogens with zero attached hydrogens (tertiary/aromatic N) is 3. The van der Waals surface area contributed by atoms with Crippen LogP contribution in [0.15, 0.2) is 18.3 Å². The highest BCUT2D eigenvalue weighted by Crippen LogP contribution is 2.30. The van der Waals surface area contributed by atoms with Gasteiger partial charge in [-0.25, -0.2) is 4.98 Å². The molecule has 0 aromatic carbocycles. The van der Waals surface area contributed by atoms with E-state index in [1.807, 2.05) is 0 Å². The van der Waals surface area contributed by atoms with Crippen molar-refractivity contribution in [1.82, 2.24) is 15.2 Å². The summed E-state index contributed by atoms with van der Waals surface area (Å²) >= 11 is 0. The maximum absolute atomic E-state index is 12.9. The molecular formula is C20H27N5O3. The van der Waals surface area contributed by atoms with E-state index >= 15 is 0 Å². The predicted molar refractivity (Wildman–Crippen MR) is 103 cm³/mol. The number of aromatic nitrogens is 1. The van der Waals surface area contributed by atoms with Gasteiger partial charge in [0.05, 0.1) is 24.3 Å². The topological polar surface area (TPSA) is 107 Å². The van der Waals surface area contributed by atoms with Gasteiger partial charge in [-0.3, -0.25) is 9.59 Å². The predicted octanol–water partition coefficient (Wildman–Crippen LogP) is 1.29. The van der Waals surface area contributed by atoms with Gasteiger partial charge >= 0.3 is 0 Å². The third-order valence-electron chi connectivity index (χ3n) is 5.25. The van der Waals surface area contributed by atoms with Crippen LogP contribution in [0, 0.1) is 17.2 Å². The molecule has 0 radical (unpaired) electrons. The van der Waals surface area contributed by atoms with E-state index in [0.29, 0.717) is 37.5 Å². The summed E-state index contributed by atoms with van der Waals surface area (Å²) in [5.41, 5.74) is 0.504. The SMILES string of the molecule is CCCO[C@@H]1CC[C@H](C(=O)N2CCNC(=O)C2)C[C@H]1Nc1ccc(C#N)cn1. The van der Waals surface area contributed by atoms with Crippen LogP contribution in [-0.4, -0.2) is 60.1 Å². The summed E-state index contributed by atoms with van der Waals surface area (Å²) in [4.78, 5) is 30.5. The molecule has 0 spiro atoms. The fraction of sp³-hybridized carbons (Fsp3) is 0.600. The maximum atomic E-state index is 12.9. The molecule has 8 heteroatoms. The molecule has 28 heavy (non-hydrogen) atoms. The van der Waals surface area contributed by atoms with E-state index in [1.165, 1.54) is 6.20 Å². The smallest absolute Gasteiger partial charge is 0.239 e. The van der Waals surface area contributed by atoms with Crippen molar-refractivity contribution in [3.63, 3.8) is 0 Å². The number of piperazine rings is 1. The number of nitrogens with one attached hydrogen (secondary N) is 2. The van der Waals surface area contributed by atoms with Gasteiger partial charge in [0.25, 0.3) is 0 Å². The number of ether oxygens (including phenoxy) is 1. The second kappa shape index (κ2) is 9.51. The highest BCUT2D eigenvalue weighted by Gasteiger charge is 2.37. The Morgan fingerprint density at radius 3 is 3.00 bits per heavy atom. The normalized spacial score (nSPS) is 24.9. The zero-order valence-corrected chi connectivity index (χ0v) is 16.2. The highest BCUT2D eigenvalue weighted by atomic mass is 16.5. The summed E-state index contributed by atoms with van der Waals surface area (Å²) in [7, 11) is 0. The van der Waals surface area contributed by atoms with Crippen LogP contribution in [-0.2, 0) is 14.3 Å². The Bertz CT molecular complexity index is 730. The molecule has 1 aliphatic heterocycles. The summed E-state index contributed by atoms with van der Waals surface area (Å²) in [5, 5.41) is 15.1. The molecule has 1 aromatic heterocycles. The number of rotatable bonds is 6. The van der Waals surface area contributed by atoms with Crippen molar-refractivity contribution in [2.75, 3.05) is 31.6 Å². The lowest BCUT2D eigenvalue weighted by Crippen LogP contribution is -2.53. The molecule has 1 aromatic rings.